The number of thiophene rings is 1. The van der Waals surface area contributed by atoms with Gasteiger partial charge < -0.3 is 5.32 Å². The predicted molar refractivity (Wildman–Crippen MR) is 70.3 cm³/mol. The van der Waals surface area contributed by atoms with Crippen molar-refractivity contribution < 1.29 is 0 Å². The Balaban J connectivity index is 1.90. The molecule has 86 valence electrons. The van der Waals surface area contributed by atoms with Gasteiger partial charge in [-0.3, -0.25) is 0 Å². The van der Waals surface area contributed by atoms with E-state index in [4.69, 9.17) is 5.26 Å². The highest BCUT2D eigenvalue weighted by Gasteiger charge is 2.26. The van der Waals surface area contributed by atoms with Gasteiger partial charge in [0.05, 0.1) is 12.0 Å². The molecule has 0 radical (unpaired) electrons. The van der Waals surface area contributed by atoms with E-state index in [-0.39, 0.29) is 5.92 Å². The molecule has 2 rings (SSSR count). The van der Waals surface area contributed by atoms with Crippen LogP contribution in [-0.4, -0.2) is 6.04 Å². The van der Waals surface area contributed by atoms with Crippen molar-refractivity contribution in [3.05, 3.63) is 20.3 Å². The van der Waals surface area contributed by atoms with Gasteiger partial charge >= 0.3 is 0 Å². The van der Waals surface area contributed by atoms with Crippen LogP contribution in [0.3, 0.4) is 0 Å². The van der Waals surface area contributed by atoms with Gasteiger partial charge in [-0.15, -0.1) is 11.3 Å². The molecular formula is C12H15BrN2S. The highest BCUT2D eigenvalue weighted by molar-refractivity contribution is 9.10. The summed E-state index contributed by atoms with van der Waals surface area (Å²) in [6.45, 7) is 3.01. The zero-order valence-electron chi connectivity index (χ0n) is 9.29. The van der Waals surface area contributed by atoms with Gasteiger partial charge in [0.1, 0.15) is 0 Å². The molecule has 1 aromatic rings. The van der Waals surface area contributed by atoms with E-state index < -0.39 is 0 Å². The van der Waals surface area contributed by atoms with Crippen molar-refractivity contribution in [2.75, 3.05) is 0 Å². The normalized spacial score (nSPS) is 24.6. The Labute approximate surface area is 109 Å². The highest BCUT2D eigenvalue weighted by atomic mass is 79.9. The van der Waals surface area contributed by atoms with E-state index in [1.165, 1.54) is 20.6 Å². The predicted octanol–water partition coefficient (Wildman–Crippen LogP) is 3.60. The quantitative estimate of drug-likeness (QED) is 0.925. The molecule has 0 bridgehead atoms. The average molecular weight is 299 g/mol. The molecule has 0 aliphatic heterocycles. The molecule has 4 heteroatoms. The Kier molecular flexibility index (Phi) is 4.01. The van der Waals surface area contributed by atoms with Gasteiger partial charge in [0.25, 0.3) is 0 Å². The molecule has 1 aromatic heterocycles. The summed E-state index contributed by atoms with van der Waals surface area (Å²) in [6, 6.07) is 4.96. The SMILES string of the molecule is Cc1sc(CNC2CCCC2C#N)cc1Br. The number of nitrogens with one attached hydrogen (secondary N) is 1. The van der Waals surface area contributed by atoms with Crippen LogP contribution in [0.1, 0.15) is 29.0 Å². The third-order valence-electron chi connectivity index (χ3n) is 3.13. The highest BCUT2D eigenvalue weighted by Crippen LogP contribution is 2.28. The van der Waals surface area contributed by atoms with Crippen LogP contribution in [0.4, 0.5) is 0 Å². The second-order valence-electron chi connectivity index (χ2n) is 4.27. The molecule has 1 aliphatic rings. The number of rotatable bonds is 3. The first-order chi connectivity index (χ1) is 7.70. The molecule has 0 amide bonds. The van der Waals surface area contributed by atoms with Crippen LogP contribution in [-0.2, 0) is 6.54 Å². The number of hydrogen-bond donors (Lipinski definition) is 1. The first-order valence-corrected chi connectivity index (χ1v) is 7.19. The molecule has 0 spiro atoms. The lowest BCUT2D eigenvalue weighted by atomic mass is 10.1. The Morgan fingerprint density at radius 2 is 2.44 bits per heavy atom. The topological polar surface area (TPSA) is 35.8 Å². The lowest BCUT2D eigenvalue weighted by Gasteiger charge is -2.14. The third kappa shape index (κ3) is 2.65. The number of halogens is 1. The molecule has 1 aliphatic carbocycles. The monoisotopic (exact) mass is 298 g/mol. The minimum atomic E-state index is 0.212. The van der Waals surface area contributed by atoms with Crippen LogP contribution in [0, 0.1) is 24.2 Å². The second kappa shape index (κ2) is 5.31. The van der Waals surface area contributed by atoms with Gasteiger partial charge in [0.15, 0.2) is 0 Å². The second-order valence-corrected chi connectivity index (χ2v) is 6.47. The molecule has 2 unspecified atom stereocenters. The van der Waals surface area contributed by atoms with Crippen LogP contribution in [0.25, 0.3) is 0 Å². The van der Waals surface area contributed by atoms with Gasteiger partial charge in [-0.05, 0) is 41.8 Å². The lowest BCUT2D eigenvalue weighted by molar-refractivity contribution is 0.466. The van der Waals surface area contributed by atoms with Gasteiger partial charge in [0, 0.05) is 26.8 Å². The molecule has 1 heterocycles. The van der Waals surface area contributed by atoms with Crippen molar-refractivity contribution in [1.29, 1.82) is 5.26 Å². The standard InChI is InChI=1S/C12H15BrN2S/c1-8-11(13)5-10(16-8)7-15-12-4-2-3-9(12)6-14/h5,9,12,15H,2-4,7H2,1H3. The van der Waals surface area contributed by atoms with E-state index in [9.17, 15) is 0 Å². The number of nitrogens with zero attached hydrogens (tertiary/aromatic N) is 1. The minimum absolute atomic E-state index is 0.212. The lowest BCUT2D eigenvalue weighted by Crippen LogP contribution is -2.30. The molecule has 2 nitrogen and oxygen atoms in total. The Bertz CT molecular complexity index is 388. The smallest absolute Gasteiger partial charge is 0.0672 e. The summed E-state index contributed by atoms with van der Waals surface area (Å²) < 4.78 is 1.19. The van der Waals surface area contributed by atoms with E-state index in [0.29, 0.717) is 6.04 Å². The summed E-state index contributed by atoms with van der Waals surface area (Å²) in [5.74, 6) is 0.212. The van der Waals surface area contributed by atoms with Crippen LogP contribution >= 0.6 is 27.3 Å². The summed E-state index contributed by atoms with van der Waals surface area (Å²) in [7, 11) is 0. The summed E-state index contributed by atoms with van der Waals surface area (Å²) in [6.07, 6.45) is 3.38. The molecule has 2 atom stereocenters. The van der Waals surface area contributed by atoms with E-state index >= 15 is 0 Å². The number of nitriles is 1. The number of aryl methyl sites for hydroxylation is 1. The fraction of sp³-hybridized carbons (Fsp3) is 0.583. The maximum absolute atomic E-state index is 8.99. The molecule has 1 fully saturated rings. The van der Waals surface area contributed by atoms with Crippen molar-refractivity contribution in [3.8, 4) is 6.07 Å². The van der Waals surface area contributed by atoms with Gasteiger partial charge in [-0.2, -0.15) is 5.26 Å². The summed E-state index contributed by atoms with van der Waals surface area (Å²) in [5.41, 5.74) is 0. The summed E-state index contributed by atoms with van der Waals surface area (Å²) >= 11 is 5.34. The fourth-order valence-corrected chi connectivity index (χ4v) is 3.75. The average Bonchev–Trinajstić information content (AvgIpc) is 2.83. The third-order valence-corrected chi connectivity index (χ3v) is 5.27. The Hall–Kier alpha value is -0.370. The maximum Gasteiger partial charge on any atom is 0.0672 e. The maximum atomic E-state index is 8.99. The van der Waals surface area contributed by atoms with Crippen LogP contribution in [0.2, 0.25) is 0 Å². The van der Waals surface area contributed by atoms with Gasteiger partial charge in [-0.1, -0.05) is 6.42 Å². The van der Waals surface area contributed by atoms with Gasteiger partial charge in [0.2, 0.25) is 0 Å². The molecular weight excluding hydrogens is 284 g/mol. The zero-order chi connectivity index (χ0) is 11.5. The van der Waals surface area contributed by atoms with E-state index in [1.54, 1.807) is 0 Å². The molecule has 0 aromatic carbocycles. The van der Waals surface area contributed by atoms with E-state index in [2.05, 4.69) is 40.3 Å². The van der Waals surface area contributed by atoms with Crippen LogP contribution in [0.5, 0.6) is 0 Å². The minimum Gasteiger partial charge on any atom is -0.308 e. The van der Waals surface area contributed by atoms with Crippen molar-refractivity contribution >= 4 is 27.3 Å². The Morgan fingerprint density at radius 3 is 3.06 bits per heavy atom. The van der Waals surface area contributed by atoms with Crippen molar-refractivity contribution in [3.63, 3.8) is 0 Å². The number of hydrogen-bond acceptors (Lipinski definition) is 3. The fourth-order valence-electron chi connectivity index (χ4n) is 2.20. The first kappa shape index (κ1) is 12.1. The molecule has 16 heavy (non-hydrogen) atoms. The van der Waals surface area contributed by atoms with Crippen molar-refractivity contribution in [1.82, 2.24) is 5.32 Å². The van der Waals surface area contributed by atoms with Gasteiger partial charge in [-0.25, -0.2) is 0 Å². The van der Waals surface area contributed by atoms with Crippen molar-refractivity contribution in [2.45, 2.75) is 38.8 Å². The van der Waals surface area contributed by atoms with Crippen molar-refractivity contribution in [2.24, 2.45) is 5.92 Å². The van der Waals surface area contributed by atoms with Crippen LogP contribution in [0.15, 0.2) is 10.5 Å². The van der Waals surface area contributed by atoms with E-state index in [0.717, 1.165) is 19.4 Å². The largest absolute Gasteiger partial charge is 0.308 e. The van der Waals surface area contributed by atoms with Crippen LogP contribution < -0.4 is 5.32 Å². The summed E-state index contributed by atoms with van der Waals surface area (Å²) in [5, 5.41) is 12.5. The van der Waals surface area contributed by atoms with E-state index in [1.807, 2.05) is 11.3 Å². The Morgan fingerprint density at radius 1 is 1.62 bits per heavy atom. The zero-order valence-corrected chi connectivity index (χ0v) is 11.7. The molecule has 1 N–H and O–H groups in total. The molecule has 0 saturated heterocycles. The molecule has 1 saturated carbocycles. The first-order valence-electron chi connectivity index (χ1n) is 5.58. The summed E-state index contributed by atoms with van der Waals surface area (Å²) in [4.78, 5) is 2.66.